The van der Waals surface area contributed by atoms with Crippen molar-refractivity contribution >= 4 is 11.0 Å². The lowest BCUT2D eigenvalue weighted by atomic mass is 9.88. The van der Waals surface area contributed by atoms with Crippen LogP contribution in [-0.4, -0.2) is 0 Å². The highest BCUT2D eigenvalue weighted by Crippen LogP contribution is 2.37. The van der Waals surface area contributed by atoms with Crippen LogP contribution in [0.3, 0.4) is 0 Å². The van der Waals surface area contributed by atoms with E-state index in [1.807, 2.05) is 0 Å². The van der Waals surface area contributed by atoms with Crippen molar-refractivity contribution in [3.8, 4) is 0 Å². The van der Waals surface area contributed by atoms with Gasteiger partial charge in [0.15, 0.2) is 0 Å². The van der Waals surface area contributed by atoms with E-state index in [0.717, 1.165) is 11.3 Å². The molecule has 0 amide bonds. The lowest BCUT2D eigenvalue weighted by Gasteiger charge is -2.17. The molecule has 0 N–H and O–H groups in total. The molecule has 0 aliphatic carbocycles. The molecule has 0 aliphatic rings. The summed E-state index contributed by atoms with van der Waals surface area (Å²) in [6.07, 6.45) is 0. The van der Waals surface area contributed by atoms with E-state index in [-0.39, 0.29) is 0 Å². The molecule has 2 aromatic rings. The first-order valence-electron chi connectivity index (χ1n) is 7.39. The molecule has 0 saturated heterocycles. The van der Waals surface area contributed by atoms with Gasteiger partial charge in [0.25, 0.3) is 0 Å². The van der Waals surface area contributed by atoms with Crippen LogP contribution in [0.1, 0.15) is 81.7 Å². The Balaban J connectivity index is 2.80. The van der Waals surface area contributed by atoms with Crippen LogP contribution in [0.15, 0.2) is 16.5 Å². The molecule has 0 unspecified atom stereocenters. The first-order valence-corrected chi connectivity index (χ1v) is 7.39. The number of furan rings is 1. The largest absolute Gasteiger partial charge is 0.460 e. The average molecular weight is 258 g/mol. The van der Waals surface area contributed by atoms with E-state index in [1.165, 1.54) is 22.1 Å². The van der Waals surface area contributed by atoms with Gasteiger partial charge in [-0.25, -0.2) is 0 Å². The van der Waals surface area contributed by atoms with Gasteiger partial charge in [-0.3, -0.25) is 0 Å². The summed E-state index contributed by atoms with van der Waals surface area (Å²) in [4.78, 5) is 0. The fourth-order valence-corrected chi connectivity index (χ4v) is 2.92. The zero-order chi connectivity index (χ0) is 14.3. The van der Waals surface area contributed by atoms with Crippen molar-refractivity contribution in [2.24, 2.45) is 0 Å². The number of rotatable bonds is 3. The second-order valence-corrected chi connectivity index (χ2v) is 6.54. The maximum Gasteiger partial charge on any atom is 0.138 e. The minimum absolute atomic E-state index is 0.440. The molecule has 1 heteroatoms. The fraction of sp³-hybridized carbons (Fsp3) is 0.556. The molecule has 2 rings (SSSR count). The Morgan fingerprint density at radius 3 is 1.95 bits per heavy atom. The first kappa shape index (κ1) is 14.2. The highest BCUT2D eigenvalue weighted by Gasteiger charge is 2.19. The van der Waals surface area contributed by atoms with E-state index in [9.17, 15) is 0 Å². The van der Waals surface area contributed by atoms with E-state index in [1.54, 1.807) is 0 Å². The molecule has 1 heterocycles. The monoisotopic (exact) mass is 258 g/mol. The van der Waals surface area contributed by atoms with Gasteiger partial charge in [-0.05, 0) is 42.0 Å². The summed E-state index contributed by atoms with van der Waals surface area (Å²) >= 11 is 0. The van der Waals surface area contributed by atoms with E-state index >= 15 is 0 Å². The Kier molecular flexibility index (Phi) is 3.75. The molecule has 0 spiro atoms. The summed E-state index contributed by atoms with van der Waals surface area (Å²) in [5.74, 6) is 2.58. The van der Waals surface area contributed by atoms with Gasteiger partial charge >= 0.3 is 0 Å². The van der Waals surface area contributed by atoms with Gasteiger partial charge in [0, 0.05) is 16.9 Å². The van der Waals surface area contributed by atoms with Crippen LogP contribution in [0.2, 0.25) is 0 Å². The van der Waals surface area contributed by atoms with Crippen molar-refractivity contribution in [3.05, 3.63) is 34.6 Å². The molecular formula is C18H26O. The molecule has 0 aliphatic heterocycles. The standard InChI is InChI=1S/C18H26O/c1-10(2)15-8-14-9-16(11(3)4)19-18(14)17(12(5)6)13(15)7/h8-12H,1-7H3. The zero-order valence-corrected chi connectivity index (χ0v) is 13.3. The van der Waals surface area contributed by atoms with Gasteiger partial charge in [0.1, 0.15) is 11.3 Å². The van der Waals surface area contributed by atoms with Crippen molar-refractivity contribution in [2.75, 3.05) is 0 Å². The van der Waals surface area contributed by atoms with Gasteiger partial charge < -0.3 is 4.42 Å². The van der Waals surface area contributed by atoms with Crippen LogP contribution in [0.25, 0.3) is 11.0 Å². The molecule has 0 fully saturated rings. The SMILES string of the molecule is Cc1c(C(C)C)cc2cc(C(C)C)oc2c1C(C)C. The number of hydrogen-bond donors (Lipinski definition) is 0. The summed E-state index contributed by atoms with van der Waals surface area (Å²) in [5, 5.41) is 1.27. The maximum atomic E-state index is 6.14. The lowest BCUT2D eigenvalue weighted by molar-refractivity contribution is 0.517. The Bertz CT molecular complexity index is 585. The third kappa shape index (κ3) is 2.43. The molecule has 19 heavy (non-hydrogen) atoms. The molecular weight excluding hydrogens is 232 g/mol. The molecule has 0 saturated carbocycles. The first-order chi connectivity index (χ1) is 8.82. The van der Waals surface area contributed by atoms with E-state index in [2.05, 4.69) is 60.6 Å². The van der Waals surface area contributed by atoms with E-state index < -0.39 is 0 Å². The number of benzene rings is 1. The Morgan fingerprint density at radius 1 is 0.842 bits per heavy atom. The minimum atomic E-state index is 0.440. The molecule has 104 valence electrons. The smallest absolute Gasteiger partial charge is 0.138 e. The van der Waals surface area contributed by atoms with Crippen LogP contribution in [0, 0.1) is 6.92 Å². The van der Waals surface area contributed by atoms with Crippen molar-refractivity contribution in [3.63, 3.8) is 0 Å². The molecule has 1 aromatic heterocycles. The van der Waals surface area contributed by atoms with Crippen molar-refractivity contribution in [2.45, 2.75) is 66.2 Å². The maximum absolute atomic E-state index is 6.14. The average Bonchev–Trinajstić information content (AvgIpc) is 2.70. The van der Waals surface area contributed by atoms with Crippen molar-refractivity contribution in [1.82, 2.24) is 0 Å². The second kappa shape index (κ2) is 5.03. The highest BCUT2D eigenvalue weighted by molar-refractivity contribution is 5.84. The lowest BCUT2D eigenvalue weighted by Crippen LogP contribution is -2.00. The third-order valence-corrected chi connectivity index (χ3v) is 3.94. The quantitative estimate of drug-likeness (QED) is 0.647. The Hall–Kier alpha value is -1.24. The van der Waals surface area contributed by atoms with Crippen molar-refractivity contribution in [1.29, 1.82) is 0 Å². The summed E-state index contributed by atoms with van der Waals surface area (Å²) in [6.45, 7) is 15.6. The molecule has 0 atom stereocenters. The van der Waals surface area contributed by atoms with Crippen LogP contribution < -0.4 is 0 Å². The summed E-state index contributed by atoms with van der Waals surface area (Å²) < 4.78 is 6.14. The van der Waals surface area contributed by atoms with Crippen LogP contribution in [0.4, 0.5) is 0 Å². The molecule has 0 radical (unpaired) electrons. The van der Waals surface area contributed by atoms with Gasteiger partial charge in [-0.2, -0.15) is 0 Å². The van der Waals surface area contributed by atoms with Crippen LogP contribution in [0.5, 0.6) is 0 Å². The number of hydrogen-bond acceptors (Lipinski definition) is 1. The predicted molar refractivity (Wildman–Crippen MR) is 83.2 cm³/mol. The molecule has 1 aromatic carbocycles. The zero-order valence-electron chi connectivity index (χ0n) is 13.3. The second-order valence-electron chi connectivity index (χ2n) is 6.54. The normalized spacial score (nSPS) is 12.3. The highest BCUT2D eigenvalue weighted by atomic mass is 16.3. The van der Waals surface area contributed by atoms with Crippen molar-refractivity contribution < 1.29 is 4.42 Å². The van der Waals surface area contributed by atoms with Gasteiger partial charge in [-0.1, -0.05) is 41.5 Å². The van der Waals surface area contributed by atoms with Gasteiger partial charge in [0.05, 0.1) is 0 Å². The Morgan fingerprint density at radius 2 is 1.47 bits per heavy atom. The topological polar surface area (TPSA) is 13.1 Å². The third-order valence-electron chi connectivity index (χ3n) is 3.94. The molecule has 1 nitrogen and oxygen atoms in total. The Labute approximate surface area is 117 Å². The summed E-state index contributed by atoms with van der Waals surface area (Å²) in [7, 11) is 0. The van der Waals surface area contributed by atoms with Gasteiger partial charge in [0.2, 0.25) is 0 Å². The summed E-state index contributed by atoms with van der Waals surface area (Å²) in [5.41, 5.74) is 5.34. The predicted octanol–water partition coefficient (Wildman–Crippen LogP) is 6.11. The van der Waals surface area contributed by atoms with Gasteiger partial charge in [-0.15, -0.1) is 0 Å². The van der Waals surface area contributed by atoms with E-state index in [0.29, 0.717) is 17.8 Å². The summed E-state index contributed by atoms with van der Waals surface area (Å²) in [6, 6.07) is 4.54. The van der Waals surface area contributed by atoms with Crippen LogP contribution in [-0.2, 0) is 0 Å². The number of fused-ring (bicyclic) bond motifs is 1. The minimum Gasteiger partial charge on any atom is -0.460 e. The fourth-order valence-electron chi connectivity index (χ4n) is 2.92. The van der Waals surface area contributed by atoms with E-state index in [4.69, 9.17) is 4.42 Å². The molecule has 0 bridgehead atoms. The van der Waals surface area contributed by atoms with Crippen LogP contribution >= 0.6 is 0 Å².